The summed E-state index contributed by atoms with van der Waals surface area (Å²) in [5.74, 6) is 0.252. The van der Waals surface area contributed by atoms with E-state index in [0.717, 1.165) is 37.4 Å². The number of aromatic nitrogens is 5. The van der Waals surface area contributed by atoms with Crippen molar-refractivity contribution >= 4 is 12.0 Å². The first kappa shape index (κ1) is 19.0. The fraction of sp³-hybridized carbons (Fsp3) is 0.350. The molecule has 0 saturated carbocycles. The summed E-state index contributed by atoms with van der Waals surface area (Å²) in [7, 11) is 1.81. The minimum Gasteiger partial charge on any atom is -0.334 e. The van der Waals surface area contributed by atoms with Crippen LogP contribution in [-0.4, -0.2) is 42.3 Å². The van der Waals surface area contributed by atoms with Gasteiger partial charge in [-0.15, -0.1) is 0 Å². The van der Waals surface area contributed by atoms with Gasteiger partial charge < -0.3 is 9.42 Å². The Labute approximate surface area is 167 Å². The van der Waals surface area contributed by atoms with Crippen molar-refractivity contribution in [2.75, 3.05) is 6.54 Å². The second-order valence-electron chi connectivity index (χ2n) is 7.03. The zero-order chi connectivity index (χ0) is 20.2. The highest BCUT2D eigenvalue weighted by molar-refractivity contribution is 5.92. The summed E-state index contributed by atoms with van der Waals surface area (Å²) in [6.07, 6.45) is 12.8. The van der Waals surface area contributed by atoms with Crippen molar-refractivity contribution in [1.82, 2.24) is 29.8 Å². The molecule has 9 heteroatoms. The normalized spacial score (nSPS) is 17.6. The van der Waals surface area contributed by atoms with Gasteiger partial charge in [-0.05, 0) is 30.5 Å². The lowest BCUT2D eigenvalue weighted by Gasteiger charge is -2.26. The van der Waals surface area contributed by atoms with Crippen LogP contribution in [0.25, 0.3) is 17.5 Å². The molecule has 150 valence electrons. The summed E-state index contributed by atoms with van der Waals surface area (Å²) in [6, 6.07) is 1.06. The monoisotopic (exact) mass is 396 g/mol. The van der Waals surface area contributed by atoms with Crippen molar-refractivity contribution in [3.8, 4) is 11.5 Å². The molecule has 8 nitrogen and oxygen atoms in total. The van der Waals surface area contributed by atoms with Crippen LogP contribution < -0.4 is 0 Å². The molecule has 1 unspecified atom stereocenters. The summed E-state index contributed by atoms with van der Waals surface area (Å²) >= 11 is 0. The maximum Gasteiger partial charge on any atom is 0.261 e. The van der Waals surface area contributed by atoms with Gasteiger partial charge >= 0.3 is 0 Å². The van der Waals surface area contributed by atoms with Gasteiger partial charge in [0.25, 0.3) is 5.89 Å². The van der Waals surface area contributed by atoms with E-state index in [1.165, 1.54) is 18.3 Å². The largest absolute Gasteiger partial charge is 0.334 e. The highest BCUT2D eigenvalue weighted by Crippen LogP contribution is 2.30. The summed E-state index contributed by atoms with van der Waals surface area (Å²) in [6.45, 7) is 0.603. The second-order valence-corrected chi connectivity index (χ2v) is 7.03. The van der Waals surface area contributed by atoms with Gasteiger partial charge in [-0.3, -0.25) is 14.5 Å². The van der Waals surface area contributed by atoms with Crippen LogP contribution in [-0.2, 0) is 11.8 Å². The van der Waals surface area contributed by atoms with E-state index in [0.29, 0.717) is 23.8 Å². The fourth-order valence-corrected chi connectivity index (χ4v) is 3.44. The van der Waals surface area contributed by atoms with Gasteiger partial charge in [-0.2, -0.15) is 10.1 Å². The van der Waals surface area contributed by atoms with Crippen LogP contribution in [0.3, 0.4) is 0 Å². The van der Waals surface area contributed by atoms with Crippen molar-refractivity contribution in [2.45, 2.75) is 31.7 Å². The topological polar surface area (TPSA) is 89.9 Å². The highest BCUT2D eigenvalue weighted by Gasteiger charge is 2.29. The van der Waals surface area contributed by atoms with Crippen molar-refractivity contribution < 1.29 is 13.7 Å². The Morgan fingerprint density at radius 1 is 1.28 bits per heavy atom. The third-order valence-electron chi connectivity index (χ3n) is 4.87. The van der Waals surface area contributed by atoms with Crippen LogP contribution in [0.15, 0.2) is 41.5 Å². The number of amides is 1. The van der Waals surface area contributed by atoms with Gasteiger partial charge in [0.15, 0.2) is 5.82 Å². The van der Waals surface area contributed by atoms with Gasteiger partial charge in [0.1, 0.15) is 5.82 Å². The quantitative estimate of drug-likeness (QED) is 0.629. The zero-order valence-electron chi connectivity index (χ0n) is 16.0. The first-order valence-electron chi connectivity index (χ1n) is 9.52. The van der Waals surface area contributed by atoms with Gasteiger partial charge in [0, 0.05) is 32.1 Å². The number of hydrogen-bond acceptors (Lipinski definition) is 6. The molecular weight excluding hydrogens is 375 g/mol. The van der Waals surface area contributed by atoms with Gasteiger partial charge in [0.2, 0.25) is 5.91 Å². The Morgan fingerprint density at radius 3 is 2.97 bits per heavy atom. The average molecular weight is 396 g/mol. The average Bonchev–Trinajstić information content (AvgIpc) is 3.29. The molecule has 0 radical (unpaired) electrons. The Balaban J connectivity index is 1.56. The molecule has 1 amide bonds. The molecule has 0 aliphatic carbocycles. The Bertz CT molecular complexity index is 1030. The van der Waals surface area contributed by atoms with E-state index in [1.54, 1.807) is 28.1 Å². The number of carbonyl (C=O) groups excluding carboxylic acids is 1. The maximum atomic E-state index is 13.3. The number of pyridine rings is 1. The minimum absolute atomic E-state index is 0.172. The van der Waals surface area contributed by atoms with E-state index in [1.807, 2.05) is 7.05 Å². The number of hydrogen-bond donors (Lipinski definition) is 0. The number of nitrogens with zero attached hydrogens (tertiary/aromatic N) is 6. The van der Waals surface area contributed by atoms with Gasteiger partial charge in [-0.25, -0.2) is 4.39 Å². The maximum absolute atomic E-state index is 13.3. The van der Waals surface area contributed by atoms with E-state index < -0.39 is 5.82 Å². The molecule has 1 saturated heterocycles. The summed E-state index contributed by atoms with van der Waals surface area (Å²) in [5, 5.41) is 8.24. The van der Waals surface area contributed by atoms with E-state index in [4.69, 9.17) is 4.52 Å². The summed E-state index contributed by atoms with van der Waals surface area (Å²) in [4.78, 5) is 23.0. The number of rotatable bonds is 4. The number of likely N-dealkylation sites (tertiary alicyclic amines) is 1. The SMILES string of the molecule is Cn1cc(-c2nc(C3CCCCCN3C(=O)C=Cc3cncc(F)c3)no2)cn1. The molecule has 0 aromatic carbocycles. The fourth-order valence-electron chi connectivity index (χ4n) is 3.44. The van der Waals surface area contributed by atoms with Crippen molar-refractivity contribution in [3.05, 3.63) is 54.1 Å². The molecule has 0 bridgehead atoms. The second kappa shape index (κ2) is 8.34. The third-order valence-corrected chi connectivity index (χ3v) is 4.87. The molecule has 0 N–H and O–H groups in total. The van der Waals surface area contributed by atoms with Crippen molar-refractivity contribution in [1.29, 1.82) is 0 Å². The Hall–Kier alpha value is -3.36. The van der Waals surface area contributed by atoms with E-state index in [2.05, 4.69) is 20.2 Å². The summed E-state index contributed by atoms with van der Waals surface area (Å²) < 4.78 is 20.4. The third kappa shape index (κ3) is 4.39. The highest BCUT2D eigenvalue weighted by atomic mass is 19.1. The first-order chi connectivity index (χ1) is 14.1. The molecular formula is C20H21FN6O2. The molecule has 3 aromatic rings. The van der Waals surface area contributed by atoms with E-state index >= 15 is 0 Å². The van der Waals surface area contributed by atoms with Gasteiger partial charge in [-0.1, -0.05) is 18.0 Å². The molecule has 1 aliphatic rings. The van der Waals surface area contributed by atoms with Gasteiger partial charge in [0.05, 0.1) is 24.0 Å². The lowest BCUT2D eigenvalue weighted by Crippen LogP contribution is -2.34. The smallest absolute Gasteiger partial charge is 0.261 e. The number of carbonyl (C=O) groups is 1. The standard InChI is InChI=1S/C20H21FN6O2/c1-26-13-15(11-23-26)20-24-19(25-29-20)17-5-3-2-4-8-27(17)18(28)7-6-14-9-16(21)12-22-10-14/h6-7,9-13,17H,2-5,8H2,1H3. The zero-order valence-corrected chi connectivity index (χ0v) is 16.0. The molecule has 0 spiro atoms. The molecule has 29 heavy (non-hydrogen) atoms. The molecule has 1 atom stereocenters. The van der Waals surface area contributed by atoms with Crippen LogP contribution in [0.4, 0.5) is 4.39 Å². The molecule has 1 aliphatic heterocycles. The van der Waals surface area contributed by atoms with Crippen LogP contribution in [0, 0.1) is 5.82 Å². The Morgan fingerprint density at radius 2 is 2.17 bits per heavy atom. The van der Waals surface area contributed by atoms with Crippen molar-refractivity contribution in [3.63, 3.8) is 0 Å². The lowest BCUT2D eigenvalue weighted by atomic mass is 10.1. The number of aryl methyl sites for hydroxylation is 1. The van der Waals surface area contributed by atoms with E-state index in [9.17, 15) is 9.18 Å². The Kier molecular flexibility index (Phi) is 5.46. The molecule has 4 rings (SSSR count). The van der Waals surface area contributed by atoms with E-state index in [-0.39, 0.29) is 11.9 Å². The predicted octanol–water partition coefficient (Wildman–Crippen LogP) is 3.16. The van der Waals surface area contributed by atoms with Crippen LogP contribution in [0.2, 0.25) is 0 Å². The number of halogens is 1. The molecule has 4 heterocycles. The van der Waals surface area contributed by atoms with Crippen molar-refractivity contribution in [2.24, 2.45) is 7.05 Å². The van der Waals surface area contributed by atoms with Crippen LogP contribution >= 0.6 is 0 Å². The lowest BCUT2D eigenvalue weighted by molar-refractivity contribution is -0.128. The van der Waals surface area contributed by atoms with Crippen LogP contribution in [0.5, 0.6) is 0 Å². The summed E-state index contributed by atoms with van der Waals surface area (Å²) in [5.41, 5.74) is 1.26. The van der Waals surface area contributed by atoms with Crippen LogP contribution in [0.1, 0.15) is 43.1 Å². The predicted molar refractivity (Wildman–Crippen MR) is 103 cm³/mol. The minimum atomic E-state index is -0.443. The molecule has 1 fully saturated rings. The molecule has 3 aromatic heterocycles. The first-order valence-corrected chi connectivity index (χ1v) is 9.52.